The lowest BCUT2D eigenvalue weighted by Crippen LogP contribution is -2.37. The minimum absolute atomic E-state index is 0.357. The van der Waals surface area contributed by atoms with Crippen LogP contribution in [0.15, 0.2) is 31.0 Å². The maximum absolute atomic E-state index is 5.54. The van der Waals surface area contributed by atoms with Gasteiger partial charge in [-0.15, -0.1) is 0 Å². The molecule has 0 spiro atoms. The van der Waals surface area contributed by atoms with Gasteiger partial charge in [-0.1, -0.05) is 19.9 Å². The third-order valence-corrected chi connectivity index (χ3v) is 6.60. The third kappa shape index (κ3) is 4.42. The molecule has 2 aliphatic heterocycles. The van der Waals surface area contributed by atoms with Crippen molar-refractivity contribution in [3.8, 4) is 11.3 Å². The number of rotatable bonds is 6. The number of aryl methyl sites for hydroxylation is 1. The van der Waals surface area contributed by atoms with Gasteiger partial charge in [-0.3, -0.25) is 0 Å². The number of morpholine rings is 1. The molecule has 0 N–H and O–H groups in total. The molecule has 0 atom stereocenters. The summed E-state index contributed by atoms with van der Waals surface area (Å²) in [6.07, 6.45) is 9.88. The van der Waals surface area contributed by atoms with Crippen molar-refractivity contribution >= 4 is 17.1 Å². The molecule has 5 heterocycles. The third-order valence-electron chi connectivity index (χ3n) is 6.60. The Kier molecular flexibility index (Phi) is 6.22. The van der Waals surface area contributed by atoms with E-state index in [2.05, 4.69) is 37.8 Å². The van der Waals surface area contributed by atoms with E-state index in [1.165, 1.54) is 5.70 Å². The van der Waals surface area contributed by atoms with Crippen LogP contribution in [-0.4, -0.2) is 73.8 Å². The molecule has 174 valence electrons. The number of aromatic nitrogens is 6. The summed E-state index contributed by atoms with van der Waals surface area (Å²) in [5, 5.41) is 0. The second kappa shape index (κ2) is 9.43. The lowest BCUT2D eigenvalue weighted by molar-refractivity contribution is 0.122. The summed E-state index contributed by atoms with van der Waals surface area (Å²) >= 11 is 0. The molecule has 0 unspecified atom stereocenters. The number of piperidine rings is 1. The Labute approximate surface area is 194 Å². The van der Waals surface area contributed by atoms with E-state index in [0.717, 1.165) is 86.1 Å². The van der Waals surface area contributed by atoms with Crippen molar-refractivity contribution in [3.05, 3.63) is 36.8 Å². The van der Waals surface area contributed by atoms with Crippen LogP contribution in [0.2, 0.25) is 0 Å². The molecule has 3 aromatic rings. The first-order chi connectivity index (χ1) is 16.1. The smallest absolute Gasteiger partial charge is 0.228 e. The van der Waals surface area contributed by atoms with Crippen molar-refractivity contribution in [1.82, 2.24) is 34.4 Å². The van der Waals surface area contributed by atoms with Crippen molar-refractivity contribution in [2.45, 2.75) is 45.6 Å². The standard InChI is InChI=1S/C24H32N8O/c1-4-5-17(2)30-8-6-20(7-9-30)32-16-27-22-21(19-14-25-18(3)26-15-19)28-24(29-23(22)32)31-10-12-33-13-11-31/h14-16,20H,2,4-13H2,1,3H3. The van der Waals surface area contributed by atoms with E-state index in [1.54, 1.807) is 0 Å². The summed E-state index contributed by atoms with van der Waals surface area (Å²) in [4.78, 5) is 28.1. The van der Waals surface area contributed by atoms with Crippen LogP contribution in [0.4, 0.5) is 5.95 Å². The van der Waals surface area contributed by atoms with Gasteiger partial charge in [0.25, 0.3) is 0 Å². The van der Waals surface area contributed by atoms with Gasteiger partial charge < -0.3 is 19.1 Å². The number of fused-ring (bicyclic) bond motifs is 1. The predicted molar refractivity (Wildman–Crippen MR) is 128 cm³/mol. The molecule has 0 amide bonds. The van der Waals surface area contributed by atoms with Gasteiger partial charge in [0.2, 0.25) is 5.95 Å². The van der Waals surface area contributed by atoms with Gasteiger partial charge in [0.05, 0.1) is 19.5 Å². The Morgan fingerprint density at radius 2 is 1.79 bits per heavy atom. The Morgan fingerprint density at radius 3 is 2.48 bits per heavy atom. The molecule has 2 aliphatic rings. The zero-order valence-electron chi connectivity index (χ0n) is 19.6. The Balaban J connectivity index is 1.51. The fourth-order valence-electron chi connectivity index (χ4n) is 4.70. The van der Waals surface area contributed by atoms with Crippen LogP contribution in [0.5, 0.6) is 0 Å². The van der Waals surface area contributed by atoms with E-state index < -0.39 is 0 Å². The number of hydrogen-bond donors (Lipinski definition) is 0. The Morgan fingerprint density at radius 1 is 1.06 bits per heavy atom. The van der Waals surface area contributed by atoms with E-state index >= 15 is 0 Å². The van der Waals surface area contributed by atoms with Crippen LogP contribution in [0.1, 0.15) is 44.5 Å². The second-order valence-electron chi connectivity index (χ2n) is 8.85. The van der Waals surface area contributed by atoms with Crippen molar-refractivity contribution in [1.29, 1.82) is 0 Å². The van der Waals surface area contributed by atoms with E-state index in [1.807, 2.05) is 25.6 Å². The molecule has 2 fully saturated rings. The highest BCUT2D eigenvalue weighted by atomic mass is 16.5. The van der Waals surface area contributed by atoms with E-state index in [0.29, 0.717) is 19.3 Å². The SMILES string of the molecule is C=C(CCC)N1CCC(n2cnc3c(-c4cnc(C)nc4)nc(N4CCOCC4)nc32)CC1. The summed E-state index contributed by atoms with van der Waals surface area (Å²) in [7, 11) is 0. The minimum Gasteiger partial charge on any atom is -0.378 e. The van der Waals surface area contributed by atoms with E-state index in [9.17, 15) is 0 Å². The van der Waals surface area contributed by atoms with Gasteiger partial charge in [0.1, 0.15) is 17.0 Å². The average Bonchev–Trinajstić information content (AvgIpc) is 3.29. The first kappa shape index (κ1) is 21.8. The fourth-order valence-corrected chi connectivity index (χ4v) is 4.70. The lowest BCUT2D eigenvalue weighted by Gasteiger charge is -2.35. The van der Waals surface area contributed by atoms with Crippen LogP contribution >= 0.6 is 0 Å². The minimum atomic E-state index is 0.357. The average molecular weight is 449 g/mol. The van der Waals surface area contributed by atoms with Crippen LogP contribution in [0, 0.1) is 6.92 Å². The molecule has 3 aromatic heterocycles. The zero-order valence-corrected chi connectivity index (χ0v) is 19.6. The number of allylic oxidation sites excluding steroid dienone is 1. The maximum Gasteiger partial charge on any atom is 0.228 e. The highest BCUT2D eigenvalue weighted by Crippen LogP contribution is 2.32. The maximum atomic E-state index is 5.54. The number of hydrogen-bond acceptors (Lipinski definition) is 8. The molecule has 5 rings (SSSR count). The Hall–Kier alpha value is -3.07. The molecule has 9 heteroatoms. The summed E-state index contributed by atoms with van der Waals surface area (Å²) in [6, 6.07) is 0.357. The zero-order chi connectivity index (χ0) is 22.8. The van der Waals surface area contributed by atoms with Crippen LogP contribution < -0.4 is 4.90 Å². The summed E-state index contributed by atoms with van der Waals surface area (Å²) < 4.78 is 7.79. The van der Waals surface area contributed by atoms with Crippen LogP contribution in [0.25, 0.3) is 22.4 Å². The quantitative estimate of drug-likeness (QED) is 0.567. The number of ether oxygens (including phenoxy) is 1. The molecule has 2 saturated heterocycles. The van der Waals surface area contributed by atoms with Gasteiger partial charge >= 0.3 is 0 Å². The monoisotopic (exact) mass is 448 g/mol. The van der Waals surface area contributed by atoms with Gasteiger partial charge in [0, 0.05) is 55.9 Å². The number of likely N-dealkylation sites (tertiary alicyclic amines) is 1. The predicted octanol–water partition coefficient (Wildman–Crippen LogP) is 3.38. The first-order valence-electron chi connectivity index (χ1n) is 11.9. The first-order valence-corrected chi connectivity index (χ1v) is 11.9. The van der Waals surface area contributed by atoms with Crippen LogP contribution in [-0.2, 0) is 4.74 Å². The largest absolute Gasteiger partial charge is 0.378 e. The lowest BCUT2D eigenvalue weighted by atomic mass is 10.0. The number of anilines is 1. The molecule has 0 radical (unpaired) electrons. The van der Waals surface area contributed by atoms with Gasteiger partial charge in [-0.05, 0) is 26.2 Å². The molecule has 0 saturated carbocycles. The van der Waals surface area contributed by atoms with Crippen molar-refractivity contribution < 1.29 is 4.74 Å². The van der Waals surface area contributed by atoms with E-state index in [-0.39, 0.29) is 0 Å². The molecule has 33 heavy (non-hydrogen) atoms. The summed E-state index contributed by atoms with van der Waals surface area (Å²) in [5.41, 5.74) is 4.59. The fraction of sp³-hybridized carbons (Fsp3) is 0.542. The topological polar surface area (TPSA) is 85.1 Å². The van der Waals surface area contributed by atoms with Crippen molar-refractivity contribution in [2.24, 2.45) is 0 Å². The molecule has 0 aliphatic carbocycles. The normalized spacial score (nSPS) is 17.6. The Bertz CT molecular complexity index is 1110. The molecular formula is C24H32N8O. The van der Waals surface area contributed by atoms with E-state index in [4.69, 9.17) is 19.7 Å². The van der Waals surface area contributed by atoms with Crippen LogP contribution in [0.3, 0.4) is 0 Å². The second-order valence-corrected chi connectivity index (χ2v) is 8.85. The van der Waals surface area contributed by atoms with Crippen molar-refractivity contribution in [2.75, 3.05) is 44.3 Å². The number of nitrogens with zero attached hydrogens (tertiary/aromatic N) is 8. The highest BCUT2D eigenvalue weighted by molar-refractivity contribution is 5.88. The number of imidazole rings is 1. The van der Waals surface area contributed by atoms with Gasteiger partial charge in [-0.25, -0.2) is 19.9 Å². The van der Waals surface area contributed by atoms with Gasteiger partial charge in [0.15, 0.2) is 5.65 Å². The summed E-state index contributed by atoms with van der Waals surface area (Å²) in [6.45, 7) is 13.3. The molecular weight excluding hydrogens is 416 g/mol. The summed E-state index contributed by atoms with van der Waals surface area (Å²) in [5.74, 6) is 1.45. The highest BCUT2D eigenvalue weighted by Gasteiger charge is 2.26. The molecule has 9 nitrogen and oxygen atoms in total. The molecule has 0 aromatic carbocycles. The molecule has 0 bridgehead atoms. The van der Waals surface area contributed by atoms with Crippen molar-refractivity contribution in [3.63, 3.8) is 0 Å². The van der Waals surface area contributed by atoms with Gasteiger partial charge in [-0.2, -0.15) is 4.98 Å².